The molecule has 0 aliphatic carbocycles. The highest BCUT2D eigenvalue weighted by Crippen LogP contribution is 2.59. The van der Waals surface area contributed by atoms with Crippen LogP contribution < -0.4 is 0 Å². The van der Waals surface area contributed by atoms with Crippen molar-refractivity contribution in [3.05, 3.63) is 0 Å². The van der Waals surface area contributed by atoms with E-state index in [1.165, 1.54) is 0 Å². The SMILES string of the molecule is CC(F)(F)C(F)(F)OC(F)(F)C1(F)OC(C)(C(F)(F)F)OC1(F)F. The molecule has 1 aliphatic heterocycles. The van der Waals surface area contributed by atoms with Gasteiger partial charge < -0.3 is 0 Å². The molecule has 0 bridgehead atoms. The molecule has 1 heterocycles. The minimum absolute atomic E-state index is 0.467. The van der Waals surface area contributed by atoms with Crippen LogP contribution in [0.25, 0.3) is 0 Å². The van der Waals surface area contributed by atoms with E-state index in [2.05, 4.69) is 14.2 Å². The molecule has 0 saturated carbocycles. The van der Waals surface area contributed by atoms with Crippen molar-refractivity contribution in [3.8, 4) is 0 Å². The Morgan fingerprint density at radius 2 is 1.21 bits per heavy atom. The molecule has 2 atom stereocenters. The second-order valence-electron chi connectivity index (χ2n) is 4.78. The van der Waals surface area contributed by atoms with Crippen molar-refractivity contribution in [3.63, 3.8) is 0 Å². The lowest BCUT2D eigenvalue weighted by molar-refractivity contribution is -0.500. The molecule has 1 aliphatic rings. The molecule has 0 aromatic rings. The van der Waals surface area contributed by atoms with E-state index >= 15 is 0 Å². The zero-order chi connectivity index (χ0) is 19.6. The second kappa shape index (κ2) is 5.03. The summed E-state index contributed by atoms with van der Waals surface area (Å²) in [5.41, 5.74) is 0. The summed E-state index contributed by atoms with van der Waals surface area (Å²) in [6.45, 7) is -1.16. The molecule has 0 aromatic heterocycles. The third-order valence-electron chi connectivity index (χ3n) is 2.69. The van der Waals surface area contributed by atoms with Gasteiger partial charge in [-0.1, -0.05) is 0 Å². The van der Waals surface area contributed by atoms with Crippen LogP contribution in [0.3, 0.4) is 0 Å². The summed E-state index contributed by atoms with van der Waals surface area (Å²) in [4.78, 5) is 0. The molecule has 144 valence electrons. The van der Waals surface area contributed by atoms with Gasteiger partial charge in [-0.2, -0.15) is 52.7 Å². The van der Waals surface area contributed by atoms with Gasteiger partial charge in [-0.05, 0) is 6.92 Å². The minimum atomic E-state index is -6.68. The second-order valence-corrected chi connectivity index (χ2v) is 4.78. The third-order valence-corrected chi connectivity index (χ3v) is 2.69. The highest BCUT2D eigenvalue weighted by atomic mass is 19.4. The average Bonchev–Trinajstić information content (AvgIpc) is 2.42. The van der Waals surface area contributed by atoms with Gasteiger partial charge in [-0.25, -0.2) is 4.74 Å². The first-order valence-corrected chi connectivity index (χ1v) is 5.49. The van der Waals surface area contributed by atoms with E-state index in [9.17, 15) is 52.7 Å². The van der Waals surface area contributed by atoms with Gasteiger partial charge in [0.15, 0.2) is 0 Å². The van der Waals surface area contributed by atoms with E-state index in [0.717, 1.165) is 0 Å². The summed E-state index contributed by atoms with van der Waals surface area (Å²) in [6, 6.07) is 0. The van der Waals surface area contributed by atoms with E-state index in [1.54, 1.807) is 0 Å². The lowest BCUT2D eigenvalue weighted by Gasteiger charge is -2.34. The van der Waals surface area contributed by atoms with Crippen LogP contribution in [0.5, 0.6) is 0 Å². The summed E-state index contributed by atoms with van der Waals surface area (Å²) in [5.74, 6) is -16.4. The molecule has 0 radical (unpaired) electrons. The molecule has 0 N–H and O–H groups in total. The van der Waals surface area contributed by atoms with Crippen LogP contribution in [0.15, 0.2) is 0 Å². The van der Waals surface area contributed by atoms with Crippen molar-refractivity contribution in [1.29, 1.82) is 0 Å². The Hall–Kier alpha value is -0.960. The lowest BCUT2D eigenvalue weighted by atomic mass is 10.2. The van der Waals surface area contributed by atoms with Gasteiger partial charge in [0.1, 0.15) is 0 Å². The normalized spacial score (nSPS) is 32.2. The fourth-order valence-corrected chi connectivity index (χ4v) is 1.32. The highest BCUT2D eigenvalue weighted by Gasteiger charge is 2.87. The van der Waals surface area contributed by atoms with E-state index < -0.39 is 55.9 Å². The monoisotopic (exact) mass is 390 g/mol. The first-order valence-electron chi connectivity index (χ1n) is 5.49. The van der Waals surface area contributed by atoms with Gasteiger partial charge >= 0.3 is 36.3 Å². The molecular formula is C9H6F12O3. The maximum absolute atomic E-state index is 13.8. The van der Waals surface area contributed by atoms with Crippen molar-refractivity contribution in [2.45, 2.75) is 55.9 Å². The Morgan fingerprint density at radius 3 is 1.50 bits per heavy atom. The number of alkyl halides is 12. The third kappa shape index (κ3) is 3.00. The number of hydrogen-bond acceptors (Lipinski definition) is 3. The molecule has 1 fully saturated rings. The van der Waals surface area contributed by atoms with Crippen molar-refractivity contribution in [2.75, 3.05) is 0 Å². The fraction of sp³-hybridized carbons (Fsp3) is 1.00. The number of rotatable bonds is 4. The molecule has 0 spiro atoms. The van der Waals surface area contributed by atoms with Gasteiger partial charge in [0.05, 0.1) is 0 Å². The topological polar surface area (TPSA) is 27.7 Å². The van der Waals surface area contributed by atoms with Gasteiger partial charge in [0, 0.05) is 6.92 Å². The molecule has 24 heavy (non-hydrogen) atoms. The van der Waals surface area contributed by atoms with Crippen molar-refractivity contribution >= 4 is 0 Å². The molecular weight excluding hydrogens is 384 g/mol. The van der Waals surface area contributed by atoms with E-state index in [0.29, 0.717) is 0 Å². The van der Waals surface area contributed by atoms with Gasteiger partial charge in [-0.15, -0.1) is 0 Å². The predicted molar refractivity (Wildman–Crippen MR) is 47.0 cm³/mol. The van der Waals surface area contributed by atoms with Gasteiger partial charge in [-0.3, -0.25) is 9.47 Å². The van der Waals surface area contributed by atoms with Crippen LogP contribution in [-0.2, 0) is 14.2 Å². The number of ether oxygens (including phenoxy) is 3. The standard InChI is InChI=1S/C9H6F12O3/c1-3(10,11)7(16,17)24-9(20,21)5(12)8(18,19)23-4(2,22-5)6(13,14)15/h1-2H3. The summed E-state index contributed by atoms with van der Waals surface area (Å²) < 4.78 is 162. The van der Waals surface area contributed by atoms with Crippen LogP contribution in [0, 0.1) is 0 Å². The first kappa shape index (κ1) is 21.1. The van der Waals surface area contributed by atoms with Gasteiger partial charge in [0.2, 0.25) is 0 Å². The molecule has 0 amide bonds. The molecule has 1 rings (SSSR count). The molecule has 0 aromatic carbocycles. The van der Waals surface area contributed by atoms with Crippen LogP contribution in [-0.4, -0.2) is 42.1 Å². The largest absolute Gasteiger partial charge is 0.443 e. The Balaban J connectivity index is 3.32. The Bertz CT molecular complexity index is 497. The Labute approximate surface area is 124 Å². The van der Waals surface area contributed by atoms with E-state index in [4.69, 9.17) is 0 Å². The molecule has 2 unspecified atom stereocenters. The zero-order valence-corrected chi connectivity index (χ0v) is 11.3. The summed E-state index contributed by atoms with van der Waals surface area (Å²) >= 11 is 0. The zero-order valence-electron chi connectivity index (χ0n) is 11.3. The number of hydrogen-bond donors (Lipinski definition) is 0. The fourth-order valence-electron chi connectivity index (χ4n) is 1.32. The van der Waals surface area contributed by atoms with Crippen molar-refractivity contribution in [1.82, 2.24) is 0 Å². The van der Waals surface area contributed by atoms with Gasteiger partial charge in [0.25, 0.3) is 5.79 Å². The summed E-state index contributed by atoms with van der Waals surface area (Å²) in [7, 11) is 0. The van der Waals surface area contributed by atoms with E-state index in [-0.39, 0.29) is 0 Å². The first-order chi connectivity index (χ1) is 10.1. The van der Waals surface area contributed by atoms with E-state index in [1.807, 2.05) is 0 Å². The highest BCUT2D eigenvalue weighted by molar-refractivity contribution is 4.98. The van der Waals surface area contributed by atoms with Crippen molar-refractivity contribution < 1.29 is 66.9 Å². The Morgan fingerprint density at radius 1 is 0.792 bits per heavy atom. The smallest absolute Gasteiger partial charge is 0.291 e. The molecule has 15 heteroatoms. The maximum Gasteiger partial charge on any atom is 0.443 e. The Kier molecular flexibility index (Phi) is 4.42. The summed E-state index contributed by atoms with van der Waals surface area (Å²) in [5, 5.41) is 0. The summed E-state index contributed by atoms with van der Waals surface area (Å²) in [6.07, 6.45) is -25.1. The van der Waals surface area contributed by atoms with Crippen LogP contribution in [0.2, 0.25) is 0 Å². The van der Waals surface area contributed by atoms with Crippen LogP contribution in [0.1, 0.15) is 13.8 Å². The average molecular weight is 390 g/mol. The maximum atomic E-state index is 13.8. The predicted octanol–water partition coefficient (Wildman–Crippen LogP) is 4.43. The van der Waals surface area contributed by atoms with Crippen molar-refractivity contribution in [2.24, 2.45) is 0 Å². The number of halogens is 12. The van der Waals surface area contributed by atoms with Crippen LogP contribution in [0.4, 0.5) is 52.7 Å². The molecule has 3 nitrogen and oxygen atoms in total. The quantitative estimate of drug-likeness (QED) is 0.665. The molecule has 1 saturated heterocycles. The lowest BCUT2D eigenvalue weighted by Crippen LogP contribution is -2.61. The van der Waals surface area contributed by atoms with Crippen LogP contribution >= 0.6 is 0 Å². The minimum Gasteiger partial charge on any atom is -0.291 e.